The minimum absolute atomic E-state index is 0.0231. The number of alkyl halides is 2. The summed E-state index contributed by atoms with van der Waals surface area (Å²) in [5, 5.41) is 12.3. The van der Waals surface area contributed by atoms with Crippen molar-refractivity contribution in [1.82, 2.24) is 15.3 Å². The van der Waals surface area contributed by atoms with Gasteiger partial charge in [0.15, 0.2) is 0 Å². The van der Waals surface area contributed by atoms with Gasteiger partial charge in [-0.25, -0.2) is 18.2 Å². The first-order valence-electron chi connectivity index (χ1n) is 13.6. The van der Waals surface area contributed by atoms with Gasteiger partial charge in [-0.15, -0.1) is 0 Å². The smallest absolute Gasteiger partial charge is 0.251 e. The molecule has 1 aliphatic carbocycles. The van der Waals surface area contributed by atoms with Crippen molar-refractivity contribution in [3.63, 3.8) is 0 Å². The monoisotopic (exact) mass is 610 g/mol. The van der Waals surface area contributed by atoms with Crippen molar-refractivity contribution in [2.75, 3.05) is 9.80 Å². The van der Waals surface area contributed by atoms with Crippen LogP contribution in [0.2, 0.25) is 5.02 Å². The molecular formula is C30H26ClF3N6O3. The second-order valence-corrected chi connectivity index (χ2v) is 10.9. The van der Waals surface area contributed by atoms with E-state index in [1.807, 2.05) is 6.07 Å². The van der Waals surface area contributed by atoms with Gasteiger partial charge in [0.2, 0.25) is 17.7 Å². The average Bonchev–Trinajstić information content (AvgIpc) is 3.38. The Morgan fingerprint density at radius 2 is 1.88 bits per heavy atom. The molecule has 0 spiro atoms. The Kier molecular flexibility index (Phi) is 8.64. The van der Waals surface area contributed by atoms with Gasteiger partial charge in [-0.1, -0.05) is 29.8 Å². The average molecular weight is 611 g/mol. The molecule has 1 unspecified atom stereocenters. The number of benzene rings is 1. The van der Waals surface area contributed by atoms with Gasteiger partial charge in [0, 0.05) is 48.2 Å². The molecule has 2 fully saturated rings. The van der Waals surface area contributed by atoms with Crippen LogP contribution in [0, 0.1) is 17.1 Å². The third kappa shape index (κ3) is 6.46. The van der Waals surface area contributed by atoms with E-state index in [0.717, 1.165) is 22.1 Å². The predicted octanol–water partition coefficient (Wildman–Crippen LogP) is 5.10. The Bertz CT molecular complexity index is 1590. The maximum absolute atomic E-state index is 14.5. The number of pyridine rings is 2. The maximum Gasteiger partial charge on any atom is 0.251 e. The van der Waals surface area contributed by atoms with Gasteiger partial charge in [-0.05, 0) is 37.5 Å². The highest BCUT2D eigenvalue weighted by molar-refractivity contribution is 6.31. The Balaban J connectivity index is 1.59. The van der Waals surface area contributed by atoms with Crippen LogP contribution in [-0.2, 0) is 14.4 Å². The van der Waals surface area contributed by atoms with Crippen LogP contribution < -0.4 is 15.1 Å². The number of nitrogens with zero attached hydrogens (tertiary/aromatic N) is 5. The van der Waals surface area contributed by atoms with Crippen LogP contribution in [0.25, 0.3) is 0 Å². The predicted molar refractivity (Wildman–Crippen MR) is 151 cm³/mol. The number of hydrogen-bond acceptors (Lipinski definition) is 6. The van der Waals surface area contributed by atoms with Crippen LogP contribution in [-0.4, -0.2) is 45.7 Å². The Morgan fingerprint density at radius 1 is 1.14 bits per heavy atom. The molecular weight excluding hydrogens is 585 g/mol. The van der Waals surface area contributed by atoms with E-state index in [9.17, 15) is 32.8 Å². The van der Waals surface area contributed by atoms with Gasteiger partial charge in [0.1, 0.15) is 23.7 Å². The molecule has 1 N–H and O–H groups in total. The van der Waals surface area contributed by atoms with E-state index in [2.05, 4.69) is 15.3 Å². The summed E-state index contributed by atoms with van der Waals surface area (Å²) in [5.41, 5.74) is 0.327. The summed E-state index contributed by atoms with van der Waals surface area (Å²) in [4.78, 5) is 51.9. The van der Waals surface area contributed by atoms with Crippen molar-refractivity contribution >= 4 is 40.8 Å². The zero-order valence-electron chi connectivity index (χ0n) is 22.7. The third-order valence-electron chi connectivity index (χ3n) is 7.59. The molecule has 2 aromatic heterocycles. The van der Waals surface area contributed by atoms with E-state index in [1.54, 1.807) is 12.1 Å². The lowest BCUT2D eigenvalue weighted by Crippen LogP contribution is -2.53. The fourth-order valence-electron chi connectivity index (χ4n) is 5.48. The van der Waals surface area contributed by atoms with E-state index in [4.69, 9.17) is 11.6 Å². The molecule has 9 nitrogen and oxygen atoms in total. The zero-order chi connectivity index (χ0) is 30.7. The van der Waals surface area contributed by atoms with Gasteiger partial charge >= 0.3 is 0 Å². The fourth-order valence-corrected chi connectivity index (χ4v) is 5.72. The molecule has 2 aliphatic rings. The summed E-state index contributed by atoms with van der Waals surface area (Å²) in [6.45, 7) is 0. The van der Waals surface area contributed by atoms with Crippen LogP contribution >= 0.6 is 11.6 Å². The summed E-state index contributed by atoms with van der Waals surface area (Å²) >= 11 is 6.54. The molecule has 1 aromatic carbocycles. The van der Waals surface area contributed by atoms with Crippen LogP contribution in [0.15, 0.2) is 61.1 Å². The number of anilines is 2. The molecule has 3 amide bonds. The summed E-state index contributed by atoms with van der Waals surface area (Å²) in [6, 6.07) is 8.85. The summed E-state index contributed by atoms with van der Waals surface area (Å²) < 4.78 is 42.2. The Labute approximate surface area is 250 Å². The largest absolute Gasteiger partial charge is 0.351 e. The summed E-state index contributed by atoms with van der Waals surface area (Å²) in [7, 11) is 0. The third-order valence-corrected chi connectivity index (χ3v) is 7.94. The normalized spacial score (nSPS) is 19.0. The summed E-state index contributed by atoms with van der Waals surface area (Å²) in [6.07, 6.45) is 2.73. The van der Waals surface area contributed by atoms with Crippen LogP contribution in [0.4, 0.5) is 24.7 Å². The van der Waals surface area contributed by atoms with E-state index in [0.29, 0.717) is 0 Å². The van der Waals surface area contributed by atoms with Crippen molar-refractivity contribution < 1.29 is 27.6 Å². The van der Waals surface area contributed by atoms with E-state index < -0.39 is 60.4 Å². The first kappa shape index (κ1) is 30.0. The molecule has 0 radical (unpaired) electrons. The number of carbonyl (C=O) groups excluding carboxylic acids is 3. The lowest BCUT2D eigenvalue weighted by molar-refractivity contribution is -0.128. The van der Waals surface area contributed by atoms with E-state index >= 15 is 0 Å². The van der Waals surface area contributed by atoms with Crippen molar-refractivity contribution in [1.29, 1.82) is 5.26 Å². The van der Waals surface area contributed by atoms with Crippen molar-refractivity contribution in [3.8, 4) is 6.07 Å². The fraction of sp³-hybridized carbons (Fsp3) is 0.333. The lowest BCUT2D eigenvalue weighted by atomic mass is 9.91. The van der Waals surface area contributed by atoms with Gasteiger partial charge < -0.3 is 5.32 Å². The van der Waals surface area contributed by atoms with Crippen LogP contribution in [0.3, 0.4) is 0 Å². The molecule has 3 heterocycles. The van der Waals surface area contributed by atoms with Crippen LogP contribution in [0.1, 0.15) is 55.7 Å². The van der Waals surface area contributed by atoms with Crippen molar-refractivity contribution in [3.05, 3.63) is 83.0 Å². The highest BCUT2D eigenvalue weighted by atomic mass is 35.5. The molecule has 222 valence electrons. The van der Waals surface area contributed by atoms with E-state index in [-0.39, 0.29) is 53.3 Å². The highest BCUT2D eigenvalue weighted by Gasteiger charge is 2.45. The Hall–Kier alpha value is -4.50. The molecule has 5 rings (SSSR count). The second kappa shape index (κ2) is 12.4. The number of aromatic nitrogens is 2. The quantitative estimate of drug-likeness (QED) is 0.397. The standard InChI is InChI=1S/C30H26ClF3N6O3/c31-23-4-2-1-3-22(23)27(28(42)38-20-7-10-30(33,34)11-8-20)39(21-14-19(32)16-36-17-21)29(43)24-5-6-26(41)40(24)25-13-18(15-35)9-12-37-25/h1-4,9,12-14,16-17,20,24,27H,5-8,10-11H2,(H,38,42)/t24?,27-/m0/s1. The molecule has 0 bridgehead atoms. The molecule has 1 saturated heterocycles. The SMILES string of the molecule is N#Cc1ccnc(N2C(=O)CCC2C(=O)N(c2cncc(F)c2)[C@H](C(=O)NC2CCC(F)(F)CC2)c2ccccc2Cl)c1. The number of carbonyl (C=O) groups is 3. The highest BCUT2D eigenvalue weighted by Crippen LogP contribution is 2.37. The molecule has 1 aliphatic heterocycles. The minimum atomic E-state index is -2.83. The minimum Gasteiger partial charge on any atom is -0.351 e. The second-order valence-electron chi connectivity index (χ2n) is 10.5. The summed E-state index contributed by atoms with van der Waals surface area (Å²) in [5.74, 6) is -5.45. The first-order chi connectivity index (χ1) is 20.6. The number of amides is 3. The number of rotatable bonds is 7. The molecule has 43 heavy (non-hydrogen) atoms. The molecule has 3 aromatic rings. The Morgan fingerprint density at radius 3 is 2.58 bits per heavy atom. The van der Waals surface area contributed by atoms with Gasteiger partial charge in [0.05, 0.1) is 29.7 Å². The zero-order valence-corrected chi connectivity index (χ0v) is 23.5. The van der Waals surface area contributed by atoms with Gasteiger partial charge in [0.25, 0.3) is 5.91 Å². The number of nitrogens with one attached hydrogen (secondary N) is 1. The topological polar surface area (TPSA) is 119 Å². The van der Waals surface area contributed by atoms with Crippen molar-refractivity contribution in [2.45, 2.75) is 62.6 Å². The maximum atomic E-state index is 14.5. The van der Waals surface area contributed by atoms with E-state index in [1.165, 1.54) is 36.7 Å². The molecule has 1 saturated carbocycles. The van der Waals surface area contributed by atoms with Gasteiger partial charge in [-0.2, -0.15) is 5.26 Å². The number of nitriles is 1. The van der Waals surface area contributed by atoms with Crippen LogP contribution in [0.5, 0.6) is 0 Å². The molecule has 2 atom stereocenters. The van der Waals surface area contributed by atoms with Crippen molar-refractivity contribution in [2.24, 2.45) is 0 Å². The lowest BCUT2D eigenvalue weighted by Gasteiger charge is -2.36. The first-order valence-corrected chi connectivity index (χ1v) is 14.0. The molecule has 13 heteroatoms. The number of hydrogen-bond donors (Lipinski definition) is 1. The van der Waals surface area contributed by atoms with Gasteiger partial charge in [-0.3, -0.25) is 29.2 Å². The number of halogens is 4.